The molecule has 0 saturated carbocycles. The molecule has 0 saturated heterocycles. The summed E-state index contributed by atoms with van der Waals surface area (Å²) < 4.78 is 43.1. The van der Waals surface area contributed by atoms with Gasteiger partial charge in [-0.1, -0.05) is 11.6 Å². The Balaban J connectivity index is 1.91. The van der Waals surface area contributed by atoms with Crippen LogP contribution in [-0.4, -0.2) is 44.6 Å². The van der Waals surface area contributed by atoms with Gasteiger partial charge in [0.2, 0.25) is 0 Å². The number of amides is 2. The summed E-state index contributed by atoms with van der Waals surface area (Å²) in [4.78, 5) is 29.6. The van der Waals surface area contributed by atoms with Crippen LogP contribution in [0.1, 0.15) is 20.7 Å². The first-order valence-corrected chi connectivity index (χ1v) is 12.1. The second-order valence-electron chi connectivity index (χ2n) is 7.03. The number of halogens is 2. The summed E-state index contributed by atoms with van der Waals surface area (Å²) in [6, 6.07) is 9.98. The van der Waals surface area contributed by atoms with Crippen molar-refractivity contribution in [3.63, 3.8) is 0 Å². The Kier molecular flexibility index (Phi) is 7.82. The number of ether oxygens (including phenoxy) is 1. The predicted molar refractivity (Wildman–Crippen MR) is 126 cm³/mol. The van der Waals surface area contributed by atoms with Crippen LogP contribution in [0.2, 0.25) is 5.02 Å². The summed E-state index contributed by atoms with van der Waals surface area (Å²) >= 11 is 5.78. The number of carbonyl (C=O) groups is 2. The van der Waals surface area contributed by atoms with Crippen molar-refractivity contribution in [2.75, 3.05) is 30.0 Å². The highest BCUT2D eigenvalue weighted by Crippen LogP contribution is 2.26. The zero-order valence-corrected chi connectivity index (χ0v) is 19.4. The van der Waals surface area contributed by atoms with Gasteiger partial charge in [-0.25, -0.2) is 17.8 Å². The van der Waals surface area contributed by atoms with Crippen molar-refractivity contribution >= 4 is 44.8 Å². The number of hydrogen-bond donors (Lipinski definition) is 3. The van der Waals surface area contributed by atoms with E-state index in [9.17, 15) is 22.4 Å². The molecule has 0 spiro atoms. The fourth-order valence-corrected chi connectivity index (χ4v) is 3.59. The van der Waals surface area contributed by atoms with Crippen molar-refractivity contribution in [1.29, 1.82) is 0 Å². The fourth-order valence-electron chi connectivity index (χ4n) is 2.85. The van der Waals surface area contributed by atoms with Gasteiger partial charge in [-0.15, -0.1) is 0 Å². The highest BCUT2D eigenvalue weighted by molar-refractivity contribution is 7.90. The van der Waals surface area contributed by atoms with Crippen LogP contribution in [-0.2, 0) is 9.84 Å². The highest BCUT2D eigenvalue weighted by atomic mass is 35.5. The normalized spacial score (nSPS) is 11.1. The average molecular weight is 507 g/mol. The molecular formula is C22H20ClFN4O5S. The zero-order valence-electron chi connectivity index (χ0n) is 17.8. The van der Waals surface area contributed by atoms with E-state index in [1.54, 1.807) is 0 Å². The lowest BCUT2D eigenvalue weighted by Crippen LogP contribution is -2.20. The SMILES string of the molecule is CS(=O)(=O)c1ccc(C(=O)Nc2ccc(F)cc2C(=O)Nc2ccc(Cl)cn2)c(OCCN)c1. The maximum atomic E-state index is 13.9. The van der Waals surface area contributed by atoms with Crippen LogP contribution in [0.15, 0.2) is 59.6 Å². The van der Waals surface area contributed by atoms with Gasteiger partial charge in [0.25, 0.3) is 11.8 Å². The maximum absolute atomic E-state index is 13.9. The van der Waals surface area contributed by atoms with Gasteiger partial charge >= 0.3 is 0 Å². The molecule has 0 bridgehead atoms. The van der Waals surface area contributed by atoms with Gasteiger partial charge < -0.3 is 21.1 Å². The summed E-state index contributed by atoms with van der Waals surface area (Å²) in [5.74, 6) is -1.97. The molecule has 0 atom stereocenters. The van der Waals surface area contributed by atoms with Gasteiger partial charge in [0.1, 0.15) is 24.0 Å². The molecule has 0 aliphatic carbocycles. The molecule has 0 fully saturated rings. The number of nitrogens with two attached hydrogens (primary N) is 1. The molecule has 2 aromatic carbocycles. The maximum Gasteiger partial charge on any atom is 0.259 e. The van der Waals surface area contributed by atoms with Gasteiger partial charge in [-0.2, -0.15) is 0 Å². The van der Waals surface area contributed by atoms with E-state index in [1.165, 1.54) is 42.6 Å². The lowest BCUT2D eigenvalue weighted by molar-refractivity contribution is 0.102. The first kappa shape index (κ1) is 25.1. The van der Waals surface area contributed by atoms with Gasteiger partial charge in [0.05, 0.1) is 26.7 Å². The first-order valence-electron chi connectivity index (χ1n) is 9.79. The minimum Gasteiger partial charge on any atom is -0.491 e. The number of benzene rings is 2. The number of nitrogens with one attached hydrogen (secondary N) is 2. The number of carbonyl (C=O) groups excluding carboxylic acids is 2. The van der Waals surface area contributed by atoms with E-state index in [0.29, 0.717) is 5.02 Å². The lowest BCUT2D eigenvalue weighted by atomic mass is 10.1. The average Bonchev–Trinajstić information content (AvgIpc) is 2.79. The van der Waals surface area contributed by atoms with Gasteiger partial charge in [-0.05, 0) is 48.5 Å². The number of nitrogens with zero attached hydrogens (tertiary/aromatic N) is 1. The topological polar surface area (TPSA) is 140 Å². The molecule has 3 aromatic rings. The minimum atomic E-state index is -3.56. The molecule has 0 unspecified atom stereocenters. The summed E-state index contributed by atoms with van der Waals surface area (Å²) in [5, 5.41) is 5.40. The van der Waals surface area contributed by atoms with Crippen molar-refractivity contribution in [3.8, 4) is 5.75 Å². The third-order valence-electron chi connectivity index (χ3n) is 4.44. The number of rotatable bonds is 8. The van der Waals surface area contributed by atoms with Crippen molar-refractivity contribution in [2.24, 2.45) is 5.73 Å². The predicted octanol–water partition coefficient (Wildman–Crippen LogP) is 3.12. The molecule has 34 heavy (non-hydrogen) atoms. The molecule has 178 valence electrons. The number of aromatic nitrogens is 1. The van der Waals surface area contributed by atoms with E-state index < -0.39 is 27.5 Å². The molecule has 0 aliphatic heterocycles. The van der Waals surface area contributed by atoms with E-state index in [0.717, 1.165) is 18.4 Å². The quantitative estimate of drug-likeness (QED) is 0.426. The molecule has 1 aromatic heterocycles. The molecule has 12 heteroatoms. The first-order chi connectivity index (χ1) is 16.1. The summed E-state index contributed by atoms with van der Waals surface area (Å²) in [6.45, 7) is 0.164. The van der Waals surface area contributed by atoms with E-state index in [4.69, 9.17) is 22.1 Å². The van der Waals surface area contributed by atoms with Crippen LogP contribution in [0.3, 0.4) is 0 Å². The fraction of sp³-hybridized carbons (Fsp3) is 0.136. The Morgan fingerprint density at radius 1 is 1.06 bits per heavy atom. The Morgan fingerprint density at radius 3 is 2.44 bits per heavy atom. The molecule has 0 aliphatic rings. The molecule has 2 amide bonds. The zero-order chi connectivity index (χ0) is 24.9. The second kappa shape index (κ2) is 10.6. The largest absolute Gasteiger partial charge is 0.491 e. The van der Waals surface area contributed by atoms with Gasteiger partial charge in [-0.3, -0.25) is 9.59 Å². The van der Waals surface area contributed by atoms with Gasteiger partial charge in [0.15, 0.2) is 9.84 Å². The third kappa shape index (κ3) is 6.28. The molecule has 0 radical (unpaired) electrons. The molecule has 9 nitrogen and oxygen atoms in total. The summed E-state index contributed by atoms with van der Waals surface area (Å²) in [7, 11) is -3.56. The van der Waals surface area contributed by atoms with Crippen LogP contribution in [0.4, 0.5) is 15.9 Å². The highest BCUT2D eigenvalue weighted by Gasteiger charge is 2.20. The van der Waals surface area contributed by atoms with E-state index >= 15 is 0 Å². The van der Waals surface area contributed by atoms with Crippen molar-refractivity contribution in [3.05, 3.63) is 76.7 Å². The Morgan fingerprint density at radius 2 is 1.79 bits per heavy atom. The van der Waals surface area contributed by atoms with Crippen LogP contribution in [0.25, 0.3) is 0 Å². The second-order valence-corrected chi connectivity index (χ2v) is 9.48. The van der Waals surface area contributed by atoms with Crippen LogP contribution >= 0.6 is 11.6 Å². The lowest BCUT2D eigenvalue weighted by Gasteiger charge is -2.15. The number of pyridine rings is 1. The molecule has 1 heterocycles. The Hall–Kier alpha value is -3.54. The van der Waals surface area contributed by atoms with Crippen molar-refractivity contribution in [1.82, 2.24) is 4.98 Å². The van der Waals surface area contributed by atoms with Crippen LogP contribution < -0.4 is 21.1 Å². The number of sulfone groups is 1. The van der Waals surface area contributed by atoms with Crippen molar-refractivity contribution in [2.45, 2.75) is 4.90 Å². The smallest absolute Gasteiger partial charge is 0.259 e. The van der Waals surface area contributed by atoms with E-state index in [-0.39, 0.29) is 46.4 Å². The van der Waals surface area contributed by atoms with E-state index in [2.05, 4.69) is 15.6 Å². The number of anilines is 2. The monoisotopic (exact) mass is 506 g/mol. The third-order valence-corrected chi connectivity index (χ3v) is 5.78. The van der Waals surface area contributed by atoms with Gasteiger partial charge in [0, 0.05) is 19.0 Å². The van der Waals surface area contributed by atoms with Crippen LogP contribution in [0.5, 0.6) is 5.75 Å². The van der Waals surface area contributed by atoms with Crippen LogP contribution in [0, 0.1) is 5.82 Å². The molecule has 3 rings (SSSR count). The standard InChI is InChI=1S/C22H20ClFN4O5S/c1-34(31,32)15-4-5-16(19(11-15)33-9-8-25)21(29)27-18-6-3-14(24)10-17(18)22(30)28-20-7-2-13(23)12-26-20/h2-7,10-12H,8-9,25H2,1H3,(H,27,29)(H,26,28,30). The Bertz CT molecular complexity index is 1330. The molecular weight excluding hydrogens is 487 g/mol. The van der Waals surface area contributed by atoms with Crippen molar-refractivity contribution < 1.29 is 27.1 Å². The number of hydrogen-bond acceptors (Lipinski definition) is 7. The molecule has 4 N–H and O–H groups in total. The minimum absolute atomic E-state index is 0.00380. The summed E-state index contributed by atoms with van der Waals surface area (Å²) in [6.07, 6.45) is 2.35. The summed E-state index contributed by atoms with van der Waals surface area (Å²) in [5.41, 5.74) is 5.29. The van der Waals surface area contributed by atoms with E-state index in [1.807, 2.05) is 0 Å². The Labute approximate surface area is 200 Å².